The Morgan fingerprint density at radius 1 is 1.23 bits per heavy atom. The number of hydrogen-bond acceptors (Lipinski definition) is 4. The molecule has 0 saturated carbocycles. The molecule has 2 aromatic rings. The van der Waals surface area contributed by atoms with Crippen LogP contribution >= 0.6 is 0 Å². The molecule has 0 bridgehead atoms. The summed E-state index contributed by atoms with van der Waals surface area (Å²) in [5.74, 6) is 0.812. The van der Waals surface area contributed by atoms with Gasteiger partial charge < -0.3 is 15.0 Å². The minimum atomic E-state index is -0.310. The Hall–Kier alpha value is -3.48. The van der Waals surface area contributed by atoms with Gasteiger partial charge in [0.2, 0.25) is 11.8 Å². The van der Waals surface area contributed by atoms with Crippen molar-refractivity contribution in [3.8, 4) is 5.75 Å². The molecular weight excluding hydrogens is 397 g/mol. The number of nitrogens with one attached hydrogen (secondary N) is 1. The lowest BCUT2D eigenvalue weighted by Crippen LogP contribution is -2.30. The number of anilines is 1. The molecule has 6 nitrogen and oxygen atoms in total. The highest BCUT2D eigenvalue weighted by atomic mass is 19.1. The number of carbonyl (C=O) groups excluding carboxylic acids is 2. The Labute approximate surface area is 180 Å². The maximum Gasteiger partial charge on any atom is 0.246 e. The highest BCUT2D eigenvalue weighted by Crippen LogP contribution is 2.31. The van der Waals surface area contributed by atoms with Crippen LogP contribution in [-0.2, 0) is 16.0 Å². The molecule has 0 unspecified atom stereocenters. The summed E-state index contributed by atoms with van der Waals surface area (Å²) >= 11 is 0. The first kappa shape index (κ1) is 20.8. The van der Waals surface area contributed by atoms with Gasteiger partial charge >= 0.3 is 0 Å². The van der Waals surface area contributed by atoms with Crippen molar-refractivity contribution in [3.63, 3.8) is 0 Å². The van der Waals surface area contributed by atoms with Crippen molar-refractivity contribution in [2.24, 2.45) is 0 Å². The molecule has 3 heterocycles. The standard InChI is InChI=1S/C24H24FN3O3/c1-31-21-7-6-19(25)14-20(21)17-3-2-11-28(12-10-17)23(30)9-4-16-13-18-5-8-22(29)27-24(18)26-15-16/h3-4,6-7,9,13-15H,2,5,8,10-12H2,1H3,(H,26,27,29)/b9-4+. The predicted molar refractivity (Wildman–Crippen MR) is 117 cm³/mol. The van der Waals surface area contributed by atoms with Crippen molar-refractivity contribution in [2.45, 2.75) is 25.7 Å². The van der Waals surface area contributed by atoms with Gasteiger partial charge in [-0.2, -0.15) is 0 Å². The molecule has 4 rings (SSSR count). The second-order valence-electron chi connectivity index (χ2n) is 7.60. The summed E-state index contributed by atoms with van der Waals surface area (Å²) in [6.45, 7) is 1.14. The minimum absolute atomic E-state index is 0.0246. The summed E-state index contributed by atoms with van der Waals surface area (Å²) in [6, 6.07) is 6.43. The fraction of sp³-hybridized carbons (Fsp3) is 0.292. The molecule has 2 aliphatic rings. The second-order valence-corrected chi connectivity index (χ2v) is 7.60. The molecule has 1 aromatic carbocycles. The van der Waals surface area contributed by atoms with Gasteiger partial charge in [-0.15, -0.1) is 0 Å². The maximum atomic E-state index is 13.7. The van der Waals surface area contributed by atoms with Crippen molar-refractivity contribution in [3.05, 3.63) is 65.1 Å². The van der Waals surface area contributed by atoms with E-state index in [1.807, 2.05) is 6.07 Å². The summed E-state index contributed by atoms with van der Waals surface area (Å²) in [6.07, 6.45) is 9.41. The summed E-state index contributed by atoms with van der Waals surface area (Å²) in [5, 5.41) is 2.75. The Morgan fingerprint density at radius 2 is 2.10 bits per heavy atom. The van der Waals surface area contributed by atoms with Crippen LogP contribution in [0.15, 0.2) is 42.6 Å². The van der Waals surface area contributed by atoms with Crippen LogP contribution in [0, 0.1) is 5.82 Å². The molecule has 0 atom stereocenters. The quantitative estimate of drug-likeness (QED) is 0.762. The lowest BCUT2D eigenvalue weighted by molar-refractivity contribution is -0.125. The lowest BCUT2D eigenvalue weighted by atomic mass is 10.0. The fourth-order valence-electron chi connectivity index (χ4n) is 3.90. The van der Waals surface area contributed by atoms with Gasteiger partial charge in [0.25, 0.3) is 0 Å². The van der Waals surface area contributed by atoms with Crippen LogP contribution in [0.1, 0.15) is 36.0 Å². The van der Waals surface area contributed by atoms with Crippen LogP contribution in [0.4, 0.5) is 10.2 Å². The van der Waals surface area contributed by atoms with Crippen LogP contribution in [-0.4, -0.2) is 41.9 Å². The first-order chi connectivity index (χ1) is 15.0. The summed E-state index contributed by atoms with van der Waals surface area (Å²) in [4.78, 5) is 30.3. The summed E-state index contributed by atoms with van der Waals surface area (Å²) in [7, 11) is 1.57. The number of carbonyl (C=O) groups is 2. The molecule has 2 amide bonds. The zero-order valence-corrected chi connectivity index (χ0v) is 17.4. The Kier molecular flexibility index (Phi) is 6.11. The Balaban J connectivity index is 1.41. The van der Waals surface area contributed by atoms with E-state index in [2.05, 4.69) is 16.4 Å². The monoisotopic (exact) mass is 421 g/mol. The average molecular weight is 421 g/mol. The first-order valence-electron chi connectivity index (χ1n) is 10.3. The number of fused-ring (bicyclic) bond motifs is 1. The summed E-state index contributed by atoms with van der Waals surface area (Å²) in [5.41, 5.74) is 3.51. The van der Waals surface area contributed by atoms with Gasteiger partial charge in [-0.1, -0.05) is 6.08 Å². The molecule has 7 heteroatoms. The van der Waals surface area contributed by atoms with Crippen LogP contribution in [0.25, 0.3) is 11.6 Å². The van der Waals surface area contributed by atoms with Gasteiger partial charge in [-0.3, -0.25) is 9.59 Å². The first-order valence-corrected chi connectivity index (χ1v) is 10.3. The number of pyridine rings is 1. The lowest BCUT2D eigenvalue weighted by Gasteiger charge is -2.19. The van der Waals surface area contributed by atoms with Crippen LogP contribution in [0.3, 0.4) is 0 Å². The number of nitrogens with zero attached hydrogens (tertiary/aromatic N) is 2. The molecule has 0 radical (unpaired) electrons. The number of rotatable bonds is 4. The number of methoxy groups -OCH3 is 1. The third kappa shape index (κ3) is 4.82. The second kappa shape index (κ2) is 9.12. The van der Waals surface area contributed by atoms with E-state index in [9.17, 15) is 14.0 Å². The van der Waals surface area contributed by atoms with Crippen LogP contribution in [0.2, 0.25) is 0 Å². The number of halogens is 1. The summed E-state index contributed by atoms with van der Waals surface area (Å²) < 4.78 is 19.1. The van der Waals surface area contributed by atoms with Gasteiger partial charge in [0.05, 0.1) is 7.11 Å². The average Bonchev–Trinajstić information content (AvgIpc) is 3.03. The number of aromatic nitrogens is 1. The number of hydrogen-bond donors (Lipinski definition) is 1. The van der Waals surface area contributed by atoms with Crippen molar-refractivity contribution < 1.29 is 18.7 Å². The molecule has 0 aliphatic carbocycles. The molecule has 0 saturated heterocycles. The van der Waals surface area contributed by atoms with E-state index >= 15 is 0 Å². The SMILES string of the molecule is COc1ccc(F)cc1C1=CCCN(C(=O)/C=C/c2cnc3c(c2)CCC(=O)N3)CC1. The van der Waals surface area contributed by atoms with Crippen molar-refractivity contribution in [1.29, 1.82) is 0 Å². The number of ether oxygens (including phenoxy) is 1. The molecule has 160 valence electrons. The highest BCUT2D eigenvalue weighted by molar-refractivity contribution is 5.94. The topological polar surface area (TPSA) is 71.5 Å². The zero-order chi connectivity index (χ0) is 21.8. The molecular formula is C24H24FN3O3. The molecule has 1 aromatic heterocycles. The molecule has 1 N–H and O–H groups in total. The predicted octanol–water partition coefficient (Wildman–Crippen LogP) is 3.83. The molecule has 2 aliphatic heterocycles. The number of aryl methyl sites for hydroxylation is 1. The van der Waals surface area contributed by atoms with Crippen molar-refractivity contribution in [2.75, 3.05) is 25.5 Å². The van der Waals surface area contributed by atoms with Crippen molar-refractivity contribution in [1.82, 2.24) is 9.88 Å². The van der Waals surface area contributed by atoms with Gasteiger partial charge in [0.1, 0.15) is 17.4 Å². The largest absolute Gasteiger partial charge is 0.496 e. The zero-order valence-electron chi connectivity index (χ0n) is 17.4. The van der Waals surface area contributed by atoms with E-state index < -0.39 is 0 Å². The molecule has 0 spiro atoms. The van der Waals surface area contributed by atoms with Crippen molar-refractivity contribution >= 4 is 29.3 Å². The van der Waals surface area contributed by atoms with Gasteiger partial charge in [0.15, 0.2) is 0 Å². The van der Waals surface area contributed by atoms with E-state index in [1.54, 1.807) is 36.4 Å². The minimum Gasteiger partial charge on any atom is -0.496 e. The van der Waals surface area contributed by atoms with Gasteiger partial charge in [-0.05, 0) is 66.3 Å². The number of benzene rings is 1. The van der Waals surface area contributed by atoms with Gasteiger partial charge in [0, 0.05) is 37.3 Å². The Bertz CT molecular complexity index is 1080. The fourth-order valence-corrected chi connectivity index (χ4v) is 3.90. The Morgan fingerprint density at radius 3 is 2.94 bits per heavy atom. The van der Waals surface area contributed by atoms with E-state index in [0.29, 0.717) is 50.3 Å². The normalized spacial score (nSPS) is 16.4. The van der Waals surface area contributed by atoms with E-state index in [4.69, 9.17) is 4.74 Å². The highest BCUT2D eigenvalue weighted by Gasteiger charge is 2.18. The van der Waals surface area contributed by atoms with Gasteiger partial charge in [-0.25, -0.2) is 9.37 Å². The van der Waals surface area contributed by atoms with Crippen LogP contribution < -0.4 is 10.1 Å². The van der Waals surface area contributed by atoms with E-state index in [0.717, 1.165) is 22.3 Å². The number of amides is 2. The molecule has 0 fully saturated rings. The maximum absolute atomic E-state index is 13.7. The van der Waals surface area contributed by atoms with E-state index in [-0.39, 0.29) is 17.6 Å². The third-order valence-electron chi connectivity index (χ3n) is 5.55. The van der Waals surface area contributed by atoms with Crippen LogP contribution in [0.5, 0.6) is 5.75 Å². The smallest absolute Gasteiger partial charge is 0.246 e. The molecule has 31 heavy (non-hydrogen) atoms. The third-order valence-corrected chi connectivity index (χ3v) is 5.55. The van der Waals surface area contributed by atoms with E-state index in [1.165, 1.54) is 12.1 Å².